The van der Waals surface area contributed by atoms with Gasteiger partial charge < -0.3 is 10.2 Å². The molecule has 0 saturated heterocycles. The van der Waals surface area contributed by atoms with Crippen molar-refractivity contribution in [2.45, 2.75) is 18.3 Å². The summed E-state index contributed by atoms with van der Waals surface area (Å²) < 4.78 is 0. The first-order valence-electron chi connectivity index (χ1n) is 3.90. The van der Waals surface area contributed by atoms with Crippen molar-refractivity contribution >= 4 is 5.97 Å². The van der Waals surface area contributed by atoms with Gasteiger partial charge in [0.25, 0.3) is 0 Å². The van der Waals surface area contributed by atoms with Crippen LogP contribution < -0.4 is 16.0 Å². The molecule has 0 heterocycles. The number of hydrogen-bond donors (Lipinski definition) is 5. The lowest BCUT2D eigenvalue weighted by Gasteiger charge is -2.41. The molecule has 78 valence electrons. The Morgan fingerprint density at radius 1 is 1.15 bits per heavy atom. The van der Waals surface area contributed by atoms with E-state index in [1.165, 1.54) is 28.1 Å². The summed E-state index contributed by atoms with van der Waals surface area (Å²) in [6.07, 6.45) is 0. The summed E-state index contributed by atoms with van der Waals surface area (Å²) in [5, 5.41) is 26.3. The van der Waals surface area contributed by atoms with Gasteiger partial charge in [0.15, 0.2) is 5.72 Å². The van der Waals surface area contributed by atoms with E-state index in [1.54, 1.807) is 0 Å². The summed E-state index contributed by atoms with van der Waals surface area (Å²) in [6.45, 7) is 1.37. The molecule has 0 aromatic carbocycles. The highest BCUT2D eigenvalue weighted by atomic mass is 16.4. The Balaban J connectivity index is 5.09. The first-order chi connectivity index (χ1) is 5.88. The number of likely N-dealkylation sites (N-methyl/N-ethyl adjacent to an activating group) is 3. The standard InChI is InChI=1S/C7H17N3O3/c1-6(13,8-2)7(9-3,10-4)5(11)12/h8-10,13H,1-4H3,(H,11,12). The third-order valence-corrected chi connectivity index (χ3v) is 2.29. The number of aliphatic hydroxyl groups is 1. The zero-order valence-electron chi connectivity index (χ0n) is 8.30. The largest absolute Gasteiger partial charge is 0.479 e. The molecule has 0 saturated carbocycles. The molecule has 1 unspecified atom stereocenters. The Morgan fingerprint density at radius 2 is 1.54 bits per heavy atom. The van der Waals surface area contributed by atoms with Gasteiger partial charge in [-0.25, -0.2) is 4.79 Å². The minimum atomic E-state index is -1.61. The SMILES string of the molecule is CNC(C)(O)C(NC)(NC)C(=O)O. The van der Waals surface area contributed by atoms with Crippen LogP contribution in [0.3, 0.4) is 0 Å². The number of aliphatic carboxylic acids is 1. The molecular weight excluding hydrogens is 174 g/mol. The monoisotopic (exact) mass is 191 g/mol. The van der Waals surface area contributed by atoms with Gasteiger partial charge in [0.1, 0.15) is 0 Å². The molecule has 0 spiro atoms. The predicted octanol–water partition coefficient (Wildman–Crippen LogP) is -1.87. The molecule has 0 bridgehead atoms. The number of nitrogens with one attached hydrogen (secondary N) is 3. The topological polar surface area (TPSA) is 93.6 Å². The fraction of sp³-hybridized carbons (Fsp3) is 0.857. The lowest BCUT2D eigenvalue weighted by atomic mass is 9.98. The summed E-state index contributed by atoms with van der Waals surface area (Å²) >= 11 is 0. The molecular formula is C7H17N3O3. The maximum atomic E-state index is 11.0. The van der Waals surface area contributed by atoms with Crippen LogP contribution in [-0.2, 0) is 4.79 Å². The average molecular weight is 191 g/mol. The number of carboxylic acids is 1. The highest BCUT2D eigenvalue weighted by Gasteiger charge is 2.51. The van der Waals surface area contributed by atoms with Crippen molar-refractivity contribution in [3.8, 4) is 0 Å². The molecule has 0 aliphatic heterocycles. The maximum absolute atomic E-state index is 11.0. The average Bonchev–Trinajstić information content (AvgIpc) is 2.06. The normalized spacial score (nSPS) is 16.7. The molecule has 0 aliphatic rings. The van der Waals surface area contributed by atoms with Gasteiger partial charge in [-0.05, 0) is 28.1 Å². The highest BCUT2D eigenvalue weighted by molar-refractivity contribution is 5.79. The van der Waals surface area contributed by atoms with Crippen molar-refractivity contribution in [3.05, 3.63) is 0 Å². The number of rotatable bonds is 5. The van der Waals surface area contributed by atoms with Gasteiger partial charge in [-0.1, -0.05) is 0 Å². The quantitative estimate of drug-likeness (QED) is 0.327. The summed E-state index contributed by atoms with van der Waals surface area (Å²) in [6, 6.07) is 0. The summed E-state index contributed by atoms with van der Waals surface area (Å²) in [7, 11) is 4.39. The summed E-state index contributed by atoms with van der Waals surface area (Å²) in [5.41, 5.74) is -3.20. The van der Waals surface area contributed by atoms with E-state index >= 15 is 0 Å². The summed E-state index contributed by atoms with van der Waals surface area (Å²) in [5.74, 6) is -1.18. The van der Waals surface area contributed by atoms with Gasteiger partial charge in [0.2, 0.25) is 5.66 Å². The van der Waals surface area contributed by atoms with Crippen LogP contribution in [0.5, 0.6) is 0 Å². The first-order valence-corrected chi connectivity index (χ1v) is 3.90. The van der Waals surface area contributed by atoms with E-state index in [4.69, 9.17) is 5.11 Å². The van der Waals surface area contributed by atoms with Crippen LogP contribution >= 0.6 is 0 Å². The lowest BCUT2D eigenvalue weighted by molar-refractivity contribution is -0.163. The number of hydrogen-bond acceptors (Lipinski definition) is 5. The van der Waals surface area contributed by atoms with E-state index in [0.29, 0.717) is 0 Å². The Kier molecular flexibility index (Phi) is 3.80. The minimum Gasteiger partial charge on any atom is -0.479 e. The van der Waals surface area contributed by atoms with Crippen molar-refractivity contribution in [2.75, 3.05) is 21.1 Å². The van der Waals surface area contributed by atoms with Crippen molar-refractivity contribution in [1.82, 2.24) is 16.0 Å². The van der Waals surface area contributed by atoms with Crippen LogP contribution in [0.2, 0.25) is 0 Å². The molecule has 5 N–H and O–H groups in total. The Morgan fingerprint density at radius 3 is 1.62 bits per heavy atom. The minimum absolute atomic E-state index is 1.18. The Hall–Kier alpha value is -0.690. The second-order valence-corrected chi connectivity index (χ2v) is 2.88. The molecule has 0 fully saturated rings. The van der Waals surface area contributed by atoms with Gasteiger partial charge in [-0.3, -0.25) is 16.0 Å². The van der Waals surface area contributed by atoms with Crippen LogP contribution in [-0.4, -0.2) is 48.7 Å². The van der Waals surface area contributed by atoms with Crippen molar-refractivity contribution in [3.63, 3.8) is 0 Å². The number of carbonyl (C=O) groups is 1. The Bertz CT molecular complexity index is 189. The third-order valence-electron chi connectivity index (χ3n) is 2.29. The maximum Gasteiger partial charge on any atom is 0.343 e. The first kappa shape index (κ1) is 12.3. The second-order valence-electron chi connectivity index (χ2n) is 2.88. The molecule has 0 aliphatic carbocycles. The zero-order chi connectivity index (χ0) is 10.7. The van der Waals surface area contributed by atoms with E-state index in [1.807, 2.05) is 0 Å². The van der Waals surface area contributed by atoms with Gasteiger partial charge in [-0.15, -0.1) is 0 Å². The van der Waals surface area contributed by atoms with E-state index < -0.39 is 17.4 Å². The molecule has 0 radical (unpaired) electrons. The molecule has 13 heavy (non-hydrogen) atoms. The van der Waals surface area contributed by atoms with Gasteiger partial charge in [-0.2, -0.15) is 0 Å². The predicted molar refractivity (Wildman–Crippen MR) is 48.2 cm³/mol. The van der Waals surface area contributed by atoms with Crippen LogP contribution in [0, 0.1) is 0 Å². The van der Waals surface area contributed by atoms with E-state index in [9.17, 15) is 9.90 Å². The zero-order valence-corrected chi connectivity index (χ0v) is 8.30. The smallest absolute Gasteiger partial charge is 0.343 e. The second kappa shape index (κ2) is 4.01. The highest BCUT2D eigenvalue weighted by Crippen LogP contribution is 2.15. The van der Waals surface area contributed by atoms with Crippen LogP contribution in [0.1, 0.15) is 6.92 Å². The molecule has 0 amide bonds. The molecule has 0 aromatic rings. The van der Waals surface area contributed by atoms with Crippen molar-refractivity contribution < 1.29 is 15.0 Å². The molecule has 6 heteroatoms. The fourth-order valence-electron chi connectivity index (χ4n) is 1.22. The summed E-state index contributed by atoms with van der Waals surface area (Å²) in [4.78, 5) is 11.0. The van der Waals surface area contributed by atoms with E-state index in [-0.39, 0.29) is 0 Å². The van der Waals surface area contributed by atoms with Crippen LogP contribution in [0.4, 0.5) is 0 Å². The third kappa shape index (κ3) is 1.80. The molecule has 0 rings (SSSR count). The van der Waals surface area contributed by atoms with E-state index in [0.717, 1.165) is 0 Å². The lowest BCUT2D eigenvalue weighted by Crippen LogP contribution is -2.76. The van der Waals surface area contributed by atoms with E-state index in [2.05, 4.69) is 16.0 Å². The van der Waals surface area contributed by atoms with Gasteiger partial charge >= 0.3 is 5.97 Å². The van der Waals surface area contributed by atoms with Gasteiger partial charge in [0.05, 0.1) is 0 Å². The molecule has 0 aromatic heterocycles. The number of carboxylic acid groups (broad SMARTS) is 1. The van der Waals surface area contributed by atoms with Crippen molar-refractivity contribution in [1.29, 1.82) is 0 Å². The fourth-order valence-corrected chi connectivity index (χ4v) is 1.22. The molecule has 1 atom stereocenters. The van der Waals surface area contributed by atoms with Gasteiger partial charge in [0, 0.05) is 0 Å². The Labute approximate surface area is 77.3 Å². The van der Waals surface area contributed by atoms with Crippen LogP contribution in [0.15, 0.2) is 0 Å². The van der Waals surface area contributed by atoms with Crippen LogP contribution in [0.25, 0.3) is 0 Å². The van der Waals surface area contributed by atoms with Crippen molar-refractivity contribution in [2.24, 2.45) is 0 Å². The molecule has 6 nitrogen and oxygen atoms in total.